The molecule has 32 aromatic rings. The lowest BCUT2D eigenvalue weighted by atomic mass is 9.47. The van der Waals surface area contributed by atoms with Gasteiger partial charge in [-0.3, -0.25) is 4.90 Å². The van der Waals surface area contributed by atoms with Gasteiger partial charge in [-0.2, -0.15) is 0 Å². The molecule has 0 N–H and O–H groups in total. The molecule has 39 rings (SSSR count). The van der Waals surface area contributed by atoms with Crippen LogP contribution in [-0.4, -0.2) is 18.5 Å². The molecule has 1 aliphatic heterocycles. The number of likely N-dealkylation sites (N-methyl/N-ethyl adjacent to an activating group) is 1. The highest BCUT2D eigenvalue weighted by molar-refractivity contribution is 6.82. The summed E-state index contributed by atoms with van der Waals surface area (Å²) in [5.41, 5.74) is 23.4. The van der Waals surface area contributed by atoms with Crippen molar-refractivity contribution in [2.75, 3.05) is 13.6 Å². The molecule has 2 spiro atoms. The van der Waals surface area contributed by atoms with Crippen molar-refractivity contribution in [2.24, 2.45) is 0 Å². The Morgan fingerprint density at radius 3 is 0.789 bits per heavy atom. The van der Waals surface area contributed by atoms with Crippen LogP contribution in [0.2, 0.25) is 0 Å². The highest BCUT2D eigenvalue weighted by atomic mass is 15.2. The maximum absolute atomic E-state index is 3.11. The van der Waals surface area contributed by atoms with Gasteiger partial charge in [-0.05, 0) is 419 Å². The fourth-order valence-electron chi connectivity index (χ4n) is 35.8. The molecule has 0 aromatic heterocycles. The molecule has 0 bridgehead atoms. The van der Waals surface area contributed by atoms with E-state index in [1.54, 1.807) is 341 Å². The van der Waals surface area contributed by atoms with Crippen LogP contribution in [0.15, 0.2) is 78.9 Å². The van der Waals surface area contributed by atoms with Gasteiger partial charge in [-0.15, -0.1) is 0 Å². The summed E-state index contributed by atoms with van der Waals surface area (Å²) in [6, 6.07) is 34.4. The second kappa shape index (κ2) is 15.5. The molecule has 1 unspecified atom stereocenters. The maximum Gasteiger partial charge on any atom is 0.0575 e. The lowest BCUT2D eigenvalue weighted by molar-refractivity contribution is 0.271. The first-order valence-electron chi connectivity index (χ1n) is 45.5. The third kappa shape index (κ3) is 4.15. The van der Waals surface area contributed by atoms with Crippen molar-refractivity contribution < 1.29 is 0 Å². The van der Waals surface area contributed by atoms with Crippen LogP contribution in [0.3, 0.4) is 0 Å². The summed E-state index contributed by atoms with van der Waals surface area (Å²) in [6.07, 6.45) is 25.5. The average molecular weight is 1440 g/mol. The van der Waals surface area contributed by atoms with Gasteiger partial charge in [0.1, 0.15) is 0 Å². The molecule has 1 nitrogen and oxygen atoms in total. The number of nitrogens with zero attached hydrogens (tertiary/aromatic N) is 1. The van der Waals surface area contributed by atoms with Gasteiger partial charge in [-0.25, -0.2) is 0 Å². The van der Waals surface area contributed by atoms with E-state index in [4.69, 9.17) is 0 Å². The average Bonchev–Trinajstić information content (AvgIpc) is 1.38. The van der Waals surface area contributed by atoms with Crippen LogP contribution in [0.4, 0.5) is 0 Å². The molecule has 6 aliphatic carbocycles. The first kappa shape index (κ1) is 54.9. The smallest absolute Gasteiger partial charge is 0.0575 e. The van der Waals surface area contributed by atoms with Crippen molar-refractivity contribution >= 4 is 291 Å². The zero-order valence-electron chi connectivity index (χ0n) is 64.9. The number of unbranched alkanes of at least 4 members (excludes halogenated alkanes) is 12. The van der Waals surface area contributed by atoms with Crippen LogP contribution in [0.1, 0.15) is 212 Å². The van der Waals surface area contributed by atoms with Crippen molar-refractivity contribution in [3.63, 3.8) is 0 Å². The second-order valence-electron chi connectivity index (χ2n) is 41.1. The summed E-state index contributed by atoms with van der Waals surface area (Å²) >= 11 is 0. The number of fused-ring (bicyclic) bond motifs is 6. The van der Waals surface area contributed by atoms with E-state index in [0.717, 1.165) is 6.54 Å². The van der Waals surface area contributed by atoms with E-state index in [-0.39, 0.29) is 22.3 Å². The second-order valence-corrected chi connectivity index (χ2v) is 41.1. The lowest BCUT2D eigenvalue weighted by Crippen LogP contribution is -2.52. The van der Waals surface area contributed by atoms with Crippen molar-refractivity contribution in [1.29, 1.82) is 0 Å². The molecule has 0 radical (unpaired) electrons. The minimum atomic E-state index is -0.417. The van der Waals surface area contributed by atoms with E-state index in [1.165, 1.54) is 162 Å². The molecule has 1 saturated heterocycles. The predicted octanol–water partition coefficient (Wildman–Crippen LogP) is 32.1. The minimum absolute atomic E-state index is 0.0371. The van der Waals surface area contributed by atoms with E-state index < -0.39 is 5.41 Å². The predicted molar refractivity (Wildman–Crippen MR) is 489 cm³/mol. The van der Waals surface area contributed by atoms with Gasteiger partial charge in [0, 0.05) is 23.4 Å². The molecule has 0 saturated carbocycles. The van der Waals surface area contributed by atoms with Gasteiger partial charge >= 0.3 is 0 Å². The Kier molecular flexibility index (Phi) is 7.46. The number of hydrogen-bond acceptors (Lipinski definition) is 1. The summed E-state index contributed by atoms with van der Waals surface area (Å²) in [7, 11) is 2.70. The van der Waals surface area contributed by atoms with E-state index >= 15 is 0 Å². The molecule has 1 atom stereocenters. The van der Waals surface area contributed by atoms with E-state index in [9.17, 15) is 0 Å². The largest absolute Gasteiger partial charge is 0.297 e. The molecule has 1 fully saturated rings. The molecule has 0 amide bonds. The Hall–Kier alpha value is -10.7. The third-order valence-electron chi connectivity index (χ3n) is 38.0. The van der Waals surface area contributed by atoms with Gasteiger partial charge in [0.05, 0.1) is 10.8 Å². The Morgan fingerprint density at radius 2 is 0.491 bits per heavy atom. The van der Waals surface area contributed by atoms with Crippen molar-refractivity contribution in [3.05, 3.63) is 129 Å². The number of hydrogen-bond donors (Lipinski definition) is 0. The zero-order valence-corrected chi connectivity index (χ0v) is 64.9. The monoisotopic (exact) mass is 1440 g/mol. The van der Waals surface area contributed by atoms with Crippen molar-refractivity contribution in [1.82, 2.24) is 4.90 Å². The molecule has 1 heteroatoms. The van der Waals surface area contributed by atoms with Crippen LogP contribution in [0.5, 0.6) is 0 Å². The maximum atomic E-state index is 3.11. The molecular formula is C113H71N. The molecule has 32 aromatic carbocycles. The number of rotatable bonds is 22. The number of likely N-dealkylation sites (tertiary alicyclic amines) is 1. The topological polar surface area (TPSA) is 3.24 Å². The van der Waals surface area contributed by atoms with Crippen LogP contribution in [-0.2, 0) is 21.7 Å². The Morgan fingerprint density at radius 1 is 0.246 bits per heavy atom. The minimum Gasteiger partial charge on any atom is -0.297 e. The van der Waals surface area contributed by atoms with Crippen LogP contribution in [0, 0.1) is 0 Å². The fraction of sp³-hybridized carbons (Fsp3) is 0.274. The van der Waals surface area contributed by atoms with Crippen LogP contribution >= 0.6 is 0 Å². The molecule has 7 aliphatic rings. The Bertz CT molecular complexity index is 9380. The van der Waals surface area contributed by atoms with Gasteiger partial charge < -0.3 is 0 Å². The molecule has 528 valence electrons. The van der Waals surface area contributed by atoms with Gasteiger partial charge in [0.25, 0.3) is 0 Å². The van der Waals surface area contributed by atoms with Gasteiger partial charge in [0.2, 0.25) is 0 Å². The Balaban J connectivity index is 0.667. The van der Waals surface area contributed by atoms with Gasteiger partial charge in [0.15, 0.2) is 0 Å². The summed E-state index contributed by atoms with van der Waals surface area (Å²) in [5.74, 6) is 0. The van der Waals surface area contributed by atoms with Crippen molar-refractivity contribution in [2.45, 2.75) is 184 Å². The van der Waals surface area contributed by atoms with Crippen LogP contribution in [0.25, 0.3) is 324 Å². The summed E-state index contributed by atoms with van der Waals surface area (Å²) in [4.78, 5) is 3.11. The lowest BCUT2D eigenvalue weighted by Gasteiger charge is -2.52. The molecule has 114 heavy (non-hydrogen) atoms. The fourth-order valence-corrected chi connectivity index (χ4v) is 35.8. The van der Waals surface area contributed by atoms with Gasteiger partial charge in [-0.1, -0.05) is 197 Å². The van der Waals surface area contributed by atoms with E-state index in [2.05, 4.69) is 119 Å². The highest BCUT2D eigenvalue weighted by Gasteiger charge is 2.76. The number of benzene rings is 22. The zero-order chi connectivity index (χ0) is 72.0. The first-order valence-corrected chi connectivity index (χ1v) is 45.5. The molecule has 1 heterocycles. The molecular weight excluding hydrogens is 1370 g/mol. The summed E-state index contributed by atoms with van der Waals surface area (Å²) in [6.45, 7) is 10.7. The third-order valence-corrected chi connectivity index (χ3v) is 38.0. The van der Waals surface area contributed by atoms with Crippen LogP contribution < -0.4 is 0 Å². The summed E-state index contributed by atoms with van der Waals surface area (Å²) < 4.78 is 0. The standard InChI is InChI=1S/C113H71N/c1-6-10-14-20-32-110(33-21-15-11-7-2)47-25-19-18-24-43(47)44-29-26-40(36-48(44)110)41-27-30-45-46-31-28-42(38-50(46)111(49(45)37-41,34-22-16-12-8-3)35-23-17-13-9-4)109-113-107-101-95-85-73-65-57-53-51-52-55-59(57)67(73)77-71-63(55)64-56(52)60-58-54(51)62-61(53)69-75(65)83-89-79(69)80-70(62)76-66(58)74-68(60)78-72(64)82-81(71)93(87(77)95)103(107)104-94(82)88(78)96-86(74)92-84(76)90(80)98-97(89)105(99(101)91(83)85)112(113,39-114(109)5)106(98)100(92)102(96)108(104)113/h18-19,24-31,36-38,109H,6-17,20-23,32-35,39H2,1-5H3. The van der Waals surface area contributed by atoms with Crippen molar-refractivity contribution in [3.8, 4) is 33.4 Å². The highest BCUT2D eigenvalue weighted by Crippen LogP contribution is 2.87. The Labute approximate surface area is 651 Å². The van der Waals surface area contributed by atoms with E-state index in [0.29, 0.717) is 0 Å². The normalized spacial score (nSPS) is 20.7. The first-order chi connectivity index (χ1) is 56.5. The summed E-state index contributed by atoms with van der Waals surface area (Å²) in [5, 5.41) is 91.1. The van der Waals surface area contributed by atoms with E-state index in [1.807, 2.05) is 0 Å². The quantitative estimate of drug-likeness (QED) is 0.0483. The SMILES string of the molecule is CCCCCCC1(CCCCCC)c2ccccc2-c2ccc(-c3ccc4c(c3)C(CCCCCC)(CCCCCC)c3cc(C5N(C)CC67c8c9c%10c%11c%12c%13c(c%14c%15c6c6c8c8c%16c9c9c%10c%10c%12c%12c%17c%13c%13c%14c%14c%15c%15c6c6c8c8c%16c%16c9c9c%10c%12c%10c%12c%17c%13c%13c%14c%14c%15c6c6c8c8c%16c9c%10c9c%12c%13c%14c6c89)C%1157)ccc3-4)cc21.